The number of carboxylic acid groups (broad SMARTS) is 1. The van der Waals surface area contributed by atoms with Crippen LogP contribution in [0.15, 0.2) is 48.5 Å². The Kier molecular flexibility index (Phi) is 6.44. The van der Waals surface area contributed by atoms with Gasteiger partial charge in [0.1, 0.15) is 13.2 Å². The molecule has 0 fully saturated rings. The second-order valence-electron chi connectivity index (χ2n) is 9.81. The van der Waals surface area contributed by atoms with Crippen molar-refractivity contribution >= 4 is 11.9 Å². The van der Waals surface area contributed by atoms with E-state index in [9.17, 15) is 14.7 Å². The Morgan fingerprint density at radius 2 is 1.64 bits per heavy atom. The zero-order valence-electron chi connectivity index (χ0n) is 21.0. The summed E-state index contributed by atoms with van der Waals surface area (Å²) in [6.45, 7) is 8.19. The summed E-state index contributed by atoms with van der Waals surface area (Å²) >= 11 is 0. The largest absolute Gasteiger partial charge is 0.486 e. The highest BCUT2D eigenvalue weighted by Crippen LogP contribution is 2.39. The maximum absolute atomic E-state index is 13.3. The van der Waals surface area contributed by atoms with Gasteiger partial charge in [-0.15, -0.1) is 0 Å². The summed E-state index contributed by atoms with van der Waals surface area (Å²) in [6, 6.07) is 15.9. The van der Waals surface area contributed by atoms with Crippen molar-refractivity contribution in [2.75, 3.05) is 19.8 Å². The fourth-order valence-corrected chi connectivity index (χ4v) is 5.19. The summed E-state index contributed by atoms with van der Waals surface area (Å²) in [6.07, 6.45) is 0.739. The molecule has 5 rings (SSSR count). The molecule has 0 bridgehead atoms. The maximum Gasteiger partial charge on any atom is 0.304 e. The molecule has 6 nitrogen and oxygen atoms in total. The topological polar surface area (TPSA) is 76.1 Å². The lowest BCUT2D eigenvalue weighted by Crippen LogP contribution is -2.36. The summed E-state index contributed by atoms with van der Waals surface area (Å²) < 4.78 is 11.5. The molecule has 186 valence electrons. The molecule has 2 heterocycles. The van der Waals surface area contributed by atoms with Gasteiger partial charge >= 0.3 is 5.97 Å². The van der Waals surface area contributed by atoms with Crippen LogP contribution in [0.2, 0.25) is 0 Å². The molecule has 1 atom stereocenters. The molecule has 0 aromatic heterocycles. The van der Waals surface area contributed by atoms with Gasteiger partial charge in [-0.25, -0.2) is 0 Å². The molecule has 1 amide bonds. The quantitative estimate of drug-likeness (QED) is 0.538. The Balaban J connectivity index is 1.46. The van der Waals surface area contributed by atoms with Crippen LogP contribution in [0.5, 0.6) is 11.5 Å². The smallest absolute Gasteiger partial charge is 0.304 e. The molecule has 36 heavy (non-hydrogen) atoms. The second kappa shape index (κ2) is 9.69. The maximum atomic E-state index is 13.3. The number of aryl methyl sites for hydroxylation is 3. The number of ether oxygens (including phenoxy) is 2. The highest BCUT2D eigenvalue weighted by Gasteiger charge is 2.27. The summed E-state index contributed by atoms with van der Waals surface area (Å²) in [5.74, 6) is 0.176. The van der Waals surface area contributed by atoms with E-state index in [2.05, 4.69) is 12.1 Å². The van der Waals surface area contributed by atoms with E-state index >= 15 is 0 Å². The average Bonchev–Trinajstić information content (AvgIpc) is 2.87. The fourth-order valence-electron chi connectivity index (χ4n) is 5.19. The SMILES string of the molecule is Cc1ccc(C(=O)N2CCc3ccc([C@@H](CC(=O)O)c4cc5c(cc4C)OCCO5)cc3C2)cc1C. The molecule has 3 aromatic rings. The van der Waals surface area contributed by atoms with Crippen LogP contribution < -0.4 is 9.47 Å². The van der Waals surface area contributed by atoms with Crippen LogP contribution in [0, 0.1) is 20.8 Å². The van der Waals surface area contributed by atoms with Crippen LogP contribution in [0.3, 0.4) is 0 Å². The van der Waals surface area contributed by atoms with Gasteiger partial charge in [0, 0.05) is 24.6 Å². The van der Waals surface area contributed by atoms with Gasteiger partial charge in [0.2, 0.25) is 0 Å². The first-order valence-electron chi connectivity index (χ1n) is 12.4. The van der Waals surface area contributed by atoms with E-state index in [0.717, 1.165) is 34.2 Å². The van der Waals surface area contributed by atoms with Crippen molar-refractivity contribution in [3.8, 4) is 11.5 Å². The third-order valence-corrected chi connectivity index (χ3v) is 7.37. The van der Waals surface area contributed by atoms with Crippen molar-refractivity contribution in [1.82, 2.24) is 4.90 Å². The number of amides is 1. The Labute approximate surface area is 211 Å². The summed E-state index contributed by atoms with van der Waals surface area (Å²) in [5, 5.41) is 9.75. The Hall–Kier alpha value is -3.80. The van der Waals surface area contributed by atoms with Crippen molar-refractivity contribution in [3.63, 3.8) is 0 Å². The van der Waals surface area contributed by atoms with Gasteiger partial charge in [0.05, 0.1) is 6.42 Å². The molecule has 0 spiro atoms. The minimum Gasteiger partial charge on any atom is -0.486 e. The van der Waals surface area contributed by atoms with Crippen molar-refractivity contribution in [1.29, 1.82) is 0 Å². The van der Waals surface area contributed by atoms with Crippen LogP contribution in [0.1, 0.15) is 61.6 Å². The Bertz CT molecular complexity index is 1350. The third-order valence-electron chi connectivity index (χ3n) is 7.37. The first kappa shape index (κ1) is 23.9. The molecule has 0 saturated carbocycles. The second-order valence-corrected chi connectivity index (χ2v) is 9.81. The number of hydrogen-bond donors (Lipinski definition) is 1. The average molecular weight is 486 g/mol. The monoisotopic (exact) mass is 485 g/mol. The molecule has 0 unspecified atom stereocenters. The lowest BCUT2D eigenvalue weighted by atomic mass is 9.83. The molecule has 3 aromatic carbocycles. The normalized spacial score (nSPS) is 15.2. The Morgan fingerprint density at radius 3 is 2.36 bits per heavy atom. The van der Waals surface area contributed by atoms with E-state index in [1.54, 1.807) is 0 Å². The predicted octanol–water partition coefficient (Wildman–Crippen LogP) is 5.19. The van der Waals surface area contributed by atoms with E-state index in [0.29, 0.717) is 43.4 Å². The Morgan fingerprint density at radius 1 is 0.889 bits per heavy atom. The summed E-state index contributed by atoms with van der Waals surface area (Å²) in [7, 11) is 0. The number of nitrogens with zero attached hydrogens (tertiary/aromatic N) is 1. The van der Waals surface area contributed by atoms with Gasteiger partial charge in [-0.3, -0.25) is 9.59 Å². The van der Waals surface area contributed by atoms with Crippen molar-refractivity contribution in [2.24, 2.45) is 0 Å². The van der Waals surface area contributed by atoms with Crippen LogP contribution >= 0.6 is 0 Å². The van der Waals surface area contributed by atoms with Gasteiger partial charge in [0.25, 0.3) is 5.91 Å². The van der Waals surface area contributed by atoms with Crippen molar-refractivity contribution in [3.05, 3.63) is 93.0 Å². The number of carbonyl (C=O) groups excluding carboxylic acids is 1. The van der Waals surface area contributed by atoms with Gasteiger partial charge in [-0.05, 0) is 90.4 Å². The third kappa shape index (κ3) is 4.68. The van der Waals surface area contributed by atoms with E-state index in [1.807, 2.05) is 62.1 Å². The molecule has 2 aliphatic rings. The minimum absolute atomic E-state index is 0.0268. The first-order chi connectivity index (χ1) is 17.3. The summed E-state index contributed by atoms with van der Waals surface area (Å²) in [5.41, 5.74) is 8.06. The van der Waals surface area contributed by atoms with Crippen LogP contribution in [-0.4, -0.2) is 41.6 Å². The predicted molar refractivity (Wildman–Crippen MR) is 137 cm³/mol. The number of benzene rings is 3. The highest BCUT2D eigenvalue weighted by molar-refractivity contribution is 5.94. The van der Waals surface area contributed by atoms with Gasteiger partial charge < -0.3 is 19.5 Å². The number of carboxylic acids is 1. The molecule has 0 saturated heterocycles. The van der Waals surface area contributed by atoms with Gasteiger partial charge in [-0.2, -0.15) is 0 Å². The van der Waals surface area contributed by atoms with Crippen molar-refractivity contribution in [2.45, 2.75) is 46.1 Å². The van der Waals surface area contributed by atoms with E-state index in [-0.39, 0.29) is 18.2 Å². The minimum atomic E-state index is -0.862. The lowest BCUT2D eigenvalue weighted by molar-refractivity contribution is -0.137. The molecule has 6 heteroatoms. The highest BCUT2D eigenvalue weighted by atomic mass is 16.6. The first-order valence-corrected chi connectivity index (χ1v) is 12.4. The molecule has 2 aliphatic heterocycles. The van der Waals surface area contributed by atoms with Crippen LogP contribution in [0.4, 0.5) is 0 Å². The van der Waals surface area contributed by atoms with Crippen LogP contribution in [0.25, 0.3) is 0 Å². The number of hydrogen-bond acceptors (Lipinski definition) is 4. The van der Waals surface area contributed by atoms with E-state index in [1.165, 1.54) is 11.1 Å². The van der Waals surface area contributed by atoms with E-state index < -0.39 is 5.97 Å². The molecule has 1 N–H and O–H groups in total. The molecular weight excluding hydrogens is 454 g/mol. The zero-order valence-corrected chi connectivity index (χ0v) is 21.0. The standard InChI is InChI=1S/C30H31NO5/c1-18-4-5-23(12-19(18)2)30(34)31-9-8-21-6-7-22(14-24(21)17-31)26(16-29(32)33)25-15-28-27(13-20(25)3)35-10-11-36-28/h4-7,12-15,26H,8-11,16-17H2,1-3H3,(H,32,33)/t26-/m1/s1. The fraction of sp³-hybridized carbons (Fsp3) is 0.333. The van der Waals surface area contributed by atoms with E-state index in [4.69, 9.17) is 9.47 Å². The zero-order chi connectivity index (χ0) is 25.4. The summed E-state index contributed by atoms with van der Waals surface area (Å²) in [4.78, 5) is 27.0. The molecule has 0 radical (unpaired) electrons. The number of aliphatic carboxylic acids is 1. The molecule has 0 aliphatic carbocycles. The lowest BCUT2D eigenvalue weighted by Gasteiger charge is -2.30. The molecular formula is C30H31NO5. The van der Waals surface area contributed by atoms with Gasteiger partial charge in [-0.1, -0.05) is 24.3 Å². The number of carbonyl (C=O) groups is 2. The van der Waals surface area contributed by atoms with Crippen molar-refractivity contribution < 1.29 is 24.2 Å². The number of fused-ring (bicyclic) bond motifs is 2. The number of rotatable bonds is 5. The van der Waals surface area contributed by atoms with Crippen LogP contribution in [-0.2, 0) is 17.8 Å². The van der Waals surface area contributed by atoms with Gasteiger partial charge in [0.15, 0.2) is 11.5 Å².